The van der Waals surface area contributed by atoms with Gasteiger partial charge in [-0.25, -0.2) is 0 Å². The minimum Gasteiger partial charge on any atom is -0.497 e. The van der Waals surface area contributed by atoms with E-state index in [9.17, 15) is 9.90 Å². The van der Waals surface area contributed by atoms with Gasteiger partial charge in [-0.1, -0.05) is 18.2 Å². The second-order valence-corrected chi connectivity index (χ2v) is 5.79. The molecular formula is C19H19NO3. The van der Waals surface area contributed by atoms with E-state index in [0.717, 1.165) is 44.6 Å². The summed E-state index contributed by atoms with van der Waals surface area (Å²) in [4.78, 5) is 14.8. The molecule has 3 rings (SSSR count). The van der Waals surface area contributed by atoms with Gasteiger partial charge in [0.05, 0.1) is 19.2 Å². The van der Waals surface area contributed by atoms with Crippen LogP contribution in [-0.4, -0.2) is 23.2 Å². The van der Waals surface area contributed by atoms with Gasteiger partial charge in [0.15, 0.2) is 0 Å². The van der Waals surface area contributed by atoms with Crippen LogP contribution in [0.4, 0.5) is 0 Å². The largest absolute Gasteiger partial charge is 0.497 e. The van der Waals surface area contributed by atoms with Crippen LogP contribution in [-0.2, 0) is 11.2 Å². The van der Waals surface area contributed by atoms with Gasteiger partial charge in [0.2, 0.25) is 0 Å². The molecule has 0 saturated carbocycles. The first-order valence-corrected chi connectivity index (χ1v) is 7.47. The third-order valence-electron chi connectivity index (χ3n) is 4.03. The molecule has 118 valence electrons. The lowest BCUT2D eigenvalue weighted by Gasteiger charge is -2.06. The summed E-state index contributed by atoms with van der Waals surface area (Å²) in [5.41, 5.74) is 5.79. The number of carboxylic acids is 1. The maximum atomic E-state index is 11.4. The summed E-state index contributed by atoms with van der Waals surface area (Å²) in [6.45, 7) is 4.05. The number of carbonyl (C=O) groups is 1. The van der Waals surface area contributed by atoms with E-state index >= 15 is 0 Å². The predicted octanol–water partition coefficient (Wildman–Crippen LogP) is 4.09. The Hall–Kier alpha value is -2.75. The van der Waals surface area contributed by atoms with Crippen molar-refractivity contribution in [3.8, 4) is 17.0 Å². The van der Waals surface area contributed by atoms with Gasteiger partial charge < -0.3 is 14.8 Å². The Bertz CT molecular complexity index is 893. The molecular weight excluding hydrogens is 290 g/mol. The Morgan fingerprint density at radius 2 is 2.00 bits per heavy atom. The number of aliphatic carboxylic acids is 1. The zero-order valence-corrected chi connectivity index (χ0v) is 13.4. The molecule has 0 bridgehead atoms. The summed E-state index contributed by atoms with van der Waals surface area (Å²) in [7, 11) is 1.62. The first kappa shape index (κ1) is 15.2. The number of hydrogen-bond donors (Lipinski definition) is 2. The number of rotatable bonds is 4. The van der Waals surface area contributed by atoms with Crippen LogP contribution in [0.15, 0.2) is 36.4 Å². The standard InChI is InChI=1S/C19H19NO3/c1-11-7-12(2)18-15(10-17(21)22)19(20-16(18)8-11)13-5-4-6-14(9-13)23-3/h4-9,20H,10H2,1-3H3,(H,21,22). The topological polar surface area (TPSA) is 62.3 Å². The number of ether oxygens (including phenoxy) is 1. The van der Waals surface area contributed by atoms with Crippen LogP contribution >= 0.6 is 0 Å². The molecule has 0 radical (unpaired) electrons. The quantitative estimate of drug-likeness (QED) is 0.763. The number of hydrogen-bond acceptors (Lipinski definition) is 2. The Labute approximate surface area is 134 Å². The van der Waals surface area contributed by atoms with Crippen LogP contribution in [0.1, 0.15) is 16.7 Å². The Balaban J connectivity index is 2.30. The summed E-state index contributed by atoms with van der Waals surface area (Å²) >= 11 is 0. The van der Waals surface area contributed by atoms with Crippen molar-refractivity contribution in [3.05, 3.63) is 53.1 Å². The smallest absolute Gasteiger partial charge is 0.307 e. The maximum absolute atomic E-state index is 11.4. The molecule has 23 heavy (non-hydrogen) atoms. The second-order valence-electron chi connectivity index (χ2n) is 5.79. The number of aromatic amines is 1. The predicted molar refractivity (Wildman–Crippen MR) is 91.1 cm³/mol. The van der Waals surface area contributed by atoms with Crippen molar-refractivity contribution >= 4 is 16.9 Å². The highest BCUT2D eigenvalue weighted by atomic mass is 16.5. The van der Waals surface area contributed by atoms with E-state index < -0.39 is 5.97 Å². The van der Waals surface area contributed by atoms with Crippen molar-refractivity contribution in [2.24, 2.45) is 0 Å². The van der Waals surface area contributed by atoms with Crippen molar-refractivity contribution in [2.75, 3.05) is 7.11 Å². The fourth-order valence-electron chi connectivity index (χ4n) is 3.15. The number of nitrogens with one attached hydrogen (secondary N) is 1. The first-order valence-electron chi connectivity index (χ1n) is 7.47. The van der Waals surface area contributed by atoms with E-state index in [0.29, 0.717) is 0 Å². The average Bonchev–Trinajstić information content (AvgIpc) is 2.85. The van der Waals surface area contributed by atoms with E-state index in [2.05, 4.69) is 17.1 Å². The molecule has 1 heterocycles. The third kappa shape index (κ3) is 2.80. The lowest BCUT2D eigenvalue weighted by Crippen LogP contribution is -2.01. The van der Waals surface area contributed by atoms with Gasteiger partial charge in [-0.3, -0.25) is 4.79 Å². The second kappa shape index (κ2) is 5.80. The molecule has 0 fully saturated rings. The number of fused-ring (bicyclic) bond motifs is 1. The first-order chi connectivity index (χ1) is 11.0. The maximum Gasteiger partial charge on any atom is 0.307 e. The van der Waals surface area contributed by atoms with Gasteiger partial charge in [-0.05, 0) is 48.7 Å². The highest BCUT2D eigenvalue weighted by Gasteiger charge is 2.18. The molecule has 0 aliphatic carbocycles. The molecule has 0 unspecified atom stereocenters. The van der Waals surface area contributed by atoms with Crippen LogP contribution in [0.5, 0.6) is 5.75 Å². The van der Waals surface area contributed by atoms with Gasteiger partial charge in [0.25, 0.3) is 0 Å². The summed E-state index contributed by atoms with van der Waals surface area (Å²) in [6, 6.07) is 11.8. The number of carboxylic acid groups (broad SMARTS) is 1. The third-order valence-corrected chi connectivity index (χ3v) is 4.03. The number of aromatic nitrogens is 1. The van der Waals surface area contributed by atoms with Crippen LogP contribution < -0.4 is 4.74 Å². The van der Waals surface area contributed by atoms with E-state index in [1.165, 1.54) is 0 Å². The molecule has 0 aliphatic rings. The van der Waals surface area contributed by atoms with E-state index in [1.807, 2.05) is 38.1 Å². The van der Waals surface area contributed by atoms with Gasteiger partial charge in [0.1, 0.15) is 5.75 Å². The fraction of sp³-hybridized carbons (Fsp3) is 0.211. The van der Waals surface area contributed by atoms with Crippen molar-refractivity contribution in [3.63, 3.8) is 0 Å². The summed E-state index contributed by atoms with van der Waals surface area (Å²) in [5, 5.41) is 10.3. The Kier molecular flexibility index (Phi) is 3.82. The zero-order chi connectivity index (χ0) is 16.6. The van der Waals surface area contributed by atoms with Crippen molar-refractivity contribution in [2.45, 2.75) is 20.3 Å². The Morgan fingerprint density at radius 3 is 2.70 bits per heavy atom. The number of benzene rings is 2. The molecule has 1 aromatic heterocycles. The molecule has 3 aromatic rings. The molecule has 4 heteroatoms. The number of H-pyrrole nitrogens is 1. The summed E-state index contributed by atoms with van der Waals surface area (Å²) in [6.07, 6.45) is -0.0174. The van der Waals surface area contributed by atoms with E-state index in [1.54, 1.807) is 7.11 Å². The molecule has 0 spiro atoms. The molecule has 4 nitrogen and oxygen atoms in total. The lowest BCUT2D eigenvalue weighted by molar-refractivity contribution is -0.136. The SMILES string of the molecule is COc1cccc(-c2[nH]c3cc(C)cc(C)c3c2CC(=O)O)c1. The normalized spacial score (nSPS) is 10.9. The van der Waals surface area contributed by atoms with Crippen molar-refractivity contribution < 1.29 is 14.6 Å². The van der Waals surface area contributed by atoms with Crippen molar-refractivity contribution in [1.29, 1.82) is 0 Å². The monoisotopic (exact) mass is 309 g/mol. The van der Waals surface area contributed by atoms with E-state index in [-0.39, 0.29) is 6.42 Å². The van der Waals surface area contributed by atoms with Gasteiger partial charge in [-0.15, -0.1) is 0 Å². The number of aryl methyl sites for hydroxylation is 2. The van der Waals surface area contributed by atoms with Gasteiger partial charge >= 0.3 is 5.97 Å². The molecule has 2 aromatic carbocycles. The lowest BCUT2D eigenvalue weighted by atomic mass is 9.99. The van der Waals surface area contributed by atoms with Gasteiger partial charge in [0, 0.05) is 16.5 Å². The molecule has 0 aliphatic heterocycles. The zero-order valence-electron chi connectivity index (χ0n) is 13.4. The molecule has 0 atom stereocenters. The Morgan fingerprint density at radius 1 is 1.22 bits per heavy atom. The summed E-state index contributed by atoms with van der Waals surface area (Å²) < 4.78 is 5.28. The van der Waals surface area contributed by atoms with Gasteiger partial charge in [-0.2, -0.15) is 0 Å². The van der Waals surface area contributed by atoms with Crippen LogP contribution in [0, 0.1) is 13.8 Å². The highest BCUT2D eigenvalue weighted by molar-refractivity contribution is 5.96. The average molecular weight is 309 g/mol. The van der Waals surface area contributed by atoms with Crippen LogP contribution in [0.3, 0.4) is 0 Å². The molecule has 2 N–H and O–H groups in total. The van der Waals surface area contributed by atoms with E-state index in [4.69, 9.17) is 4.74 Å². The summed E-state index contributed by atoms with van der Waals surface area (Å²) in [5.74, 6) is -0.0923. The van der Waals surface area contributed by atoms with Crippen LogP contribution in [0.2, 0.25) is 0 Å². The fourth-order valence-corrected chi connectivity index (χ4v) is 3.15. The minimum atomic E-state index is -0.838. The molecule has 0 saturated heterocycles. The van der Waals surface area contributed by atoms with Crippen molar-refractivity contribution in [1.82, 2.24) is 4.98 Å². The minimum absolute atomic E-state index is 0.0174. The number of methoxy groups -OCH3 is 1. The molecule has 0 amide bonds. The van der Waals surface area contributed by atoms with Crippen LogP contribution in [0.25, 0.3) is 22.2 Å². The highest BCUT2D eigenvalue weighted by Crippen LogP contribution is 2.34.